The van der Waals surface area contributed by atoms with Crippen molar-refractivity contribution in [2.75, 3.05) is 0 Å². The first-order valence-corrected chi connectivity index (χ1v) is 13.9. The van der Waals surface area contributed by atoms with Gasteiger partial charge in [-0.15, -0.1) is 0 Å². The lowest BCUT2D eigenvalue weighted by atomic mass is 9.78. The normalized spacial score (nSPS) is 17.0. The largest absolute Gasteiger partial charge is 0.494 e. The fourth-order valence-electron chi connectivity index (χ4n) is 5.35. The van der Waals surface area contributed by atoms with Gasteiger partial charge in [0.15, 0.2) is 0 Å². The van der Waals surface area contributed by atoms with E-state index in [0.717, 1.165) is 5.46 Å². The summed E-state index contributed by atoms with van der Waals surface area (Å²) in [5.41, 5.74) is 7.59. The molecule has 2 aliphatic heterocycles. The van der Waals surface area contributed by atoms with E-state index in [-0.39, 0.29) is 18.3 Å². The van der Waals surface area contributed by atoms with Crippen LogP contribution in [0, 0.1) is 0 Å². The van der Waals surface area contributed by atoms with Crippen molar-refractivity contribution in [1.29, 1.82) is 0 Å². The molecule has 0 bridgehead atoms. The maximum atomic E-state index is 6.22. The monoisotopic (exact) mass is 513 g/mol. The van der Waals surface area contributed by atoms with Crippen LogP contribution < -0.4 is 5.46 Å². The van der Waals surface area contributed by atoms with Crippen molar-refractivity contribution in [3.63, 3.8) is 0 Å². The molecular weight excluding hydrogens is 485 g/mol. The van der Waals surface area contributed by atoms with E-state index in [1.807, 2.05) is 24.2 Å². The number of aromatic nitrogens is 1. The van der Waals surface area contributed by atoms with Crippen LogP contribution in [0.15, 0.2) is 107 Å². The summed E-state index contributed by atoms with van der Waals surface area (Å²) in [4.78, 5) is 7.22. The molecule has 3 heterocycles. The molecule has 186 valence electrons. The van der Waals surface area contributed by atoms with Crippen LogP contribution in [0.3, 0.4) is 0 Å². The van der Waals surface area contributed by atoms with Crippen molar-refractivity contribution in [3.05, 3.63) is 97.3 Å². The Balaban J connectivity index is 1.20. The third kappa shape index (κ3) is 3.72. The van der Waals surface area contributed by atoms with Crippen molar-refractivity contribution in [1.82, 2.24) is 4.98 Å². The minimum Gasteiger partial charge on any atom is -0.399 e. The van der Waals surface area contributed by atoms with Gasteiger partial charge in [-0.1, -0.05) is 84.6 Å². The topological polar surface area (TPSA) is 31.4 Å². The number of fused-ring (bicyclic) bond motifs is 2. The Hall–Kier alpha value is -3.38. The van der Waals surface area contributed by atoms with Gasteiger partial charge in [0, 0.05) is 38.5 Å². The highest BCUT2D eigenvalue weighted by Gasteiger charge is 2.51. The van der Waals surface area contributed by atoms with Crippen LogP contribution in [0.5, 0.6) is 0 Å². The molecular formula is C33H28BNO2S. The lowest BCUT2D eigenvalue weighted by Gasteiger charge is -2.32. The number of hydrogen-bond donors (Lipinski definition) is 0. The second kappa shape index (κ2) is 8.57. The van der Waals surface area contributed by atoms with Crippen molar-refractivity contribution in [3.8, 4) is 33.4 Å². The smallest absolute Gasteiger partial charge is 0.399 e. The van der Waals surface area contributed by atoms with Gasteiger partial charge < -0.3 is 9.31 Å². The molecule has 1 fully saturated rings. The summed E-state index contributed by atoms with van der Waals surface area (Å²) in [6.07, 6.45) is 4.01. The molecule has 4 aromatic carbocycles. The van der Waals surface area contributed by atoms with Crippen LogP contribution in [-0.2, 0) is 9.31 Å². The van der Waals surface area contributed by atoms with Crippen LogP contribution in [-0.4, -0.2) is 23.3 Å². The van der Waals surface area contributed by atoms with Crippen LogP contribution in [0.1, 0.15) is 27.7 Å². The van der Waals surface area contributed by atoms with E-state index in [1.54, 1.807) is 0 Å². The summed E-state index contributed by atoms with van der Waals surface area (Å²) in [6, 6.07) is 30.4. The van der Waals surface area contributed by atoms with Crippen molar-refractivity contribution in [2.45, 2.75) is 48.7 Å². The molecule has 38 heavy (non-hydrogen) atoms. The molecule has 1 saturated heterocycles. The number of nitrogens with zero attached hydrogens (tertiary/aromatic N) is 1. The molecule has 0 saturated carbocycles. The Morgan fingerprint density at radius 2 is 1.24 bits per heavy atom. The second-order valence-corrected chi connectivity index (χ2v) is 12.2. The van der Waals surface area contributed by atoms with Gasteiger partial charge in [0.25, 0.3) is 0 Å². The minimum absolute atomic E-state index is 0.342. The number of rotatable bonds is 3. The van der Waals surface area contributed by atoms with Gasteiger partial charge in [-0.25, -0.2) is 0 Å². The summed E-state index contributed by atoms with van der Waals surface area (Å²) >= 11 is 1.84. The zero-order valence-electron chi connectivity index (χ0n) is 22.0. The lowest BCUT2D eigenvalue weighted by molar-refractivity contribution is 0.00578. The van der Waals surface area contributed by atoms with Gasteiger partial charge >= 0.3 is 7.12 Å². The Labute approximate surface area is 228 Å². The minimum atomic E-state index is -0.344. The predicted octanol–water partition coefficient (Wildman–Crippen LogP) is 8.00. The van der Waals surface area contributed by atoms with Gasteiger partial charge in [0.05, 0.1) is 11.2 Å². The van der Waals surface area contributed by atoms with Crippen LogP contribution in [0.4, 0.5) is 0 Å². The summed E-state index contributed by atoms with van der Waals surface area (Å²) in [5.74, 6) is 0. The van der Waals surface area contributed by atoms with Gasteiger partial charge in [-0.2, -0.15) is 0 Å². The highest BCUT2D eigenvalue weighted by atomic mass is 32.2. The Kier molecular flexibility index (Phi) is 5.35. The number of pyridine rings is 1. The Morgan fingerprint density at radius 3 is 1.95 bits per heavy atom. The number of hydrogen-bond acceptors (Lipinski definition) is 4. The van der Waals surface area contributed by atoms with Gasteiger partial charge in [-0.05, 0) is 73.1 Å². The molecule has 0 spiro atoms. The summed E-state index contributed by atoms with van der Waals surface area (Å²) in [7, 11) is -0.344. The van der Waals surface area contributed by atoms with E-state index in [4.69, 9.17) is 9.31 Å². The summed E-state index contributed by atoms with van der Waals surface area (Å²) < 4.78 is 12.4. The van der Waals surface area contributed by atoms with E-state index >= 15 is 0 Å². The van der Waals surface area contributed by atoms with Crippen LogP contribution in [0.2, 0.25) is 0 Å². The highest BCUT2D eigenvalue weighted by Crippen LogP contribution is 2.49. The molecule has 0 aliphatic carbocycles. The molecule has 0 atom stereocenters. The molecule has 1 aromatic heterocycles. The summed E-state index contributed by atoms with van der Waals surface area (Å²) in [5, 5.41) is 2.49. The zero-order valence-corrected chi connectivity index (χ0v) is 22.8. The maximum Gasteiger partial charge on any atom is 0.494 e. The molecule has 2 aliphatic rings. The average molecular weight is 513 g/mol. The fourth-order valence-corrected chi connectivity index (χ4v) is 6.48. The first kappa shape index (κ1) is 23.7. The van der Waals surface area contributed by atoms with Gasteiger partial charge in [-0.3, -0.25) is 4.98 Å². The molecule has 0 N–H and O–H groups in total. The van der Waals surface area contributed by atoms with Gasteiger partial charge in [0.1, 0.15) is 0 Å². The van der Waals surface area contributed by atoms with E-state index in [1.165, 1.54) is 53.9 Å². The van der Waals surface area contributed by atoms with Gasteiger partial charge in [0.2, 0.25) is 0 Å². The highest BCUT2D eigenvalue weighted by molar-refractivity contribution is 7.99. The van der Waals surface area contributed by atoms with E-state index in [2.05, 4.69) is 118 Å². The average Bonchev–Trinajstić information content (AvgIpc) is 3.16. The van der Waals surface area contributed by atoms with Crippen molar-refractivity contribution in [2.24, 2.45) is 0 Å². The predicted molar refractivity (Wildman–Crippen MR) is 158 cm³/mol. The van der Waals surface area contributed by atoms with Crippen LogP contribution >= 0.6 is 11.8 Å². The molecule has 0 unspecified atom stereocenters. The quantitative estimate of drug-likeness (QED) is 0.225. The zero-order chi connectivity index (χ0) is 26.1. The molecule has 7 rings (SSSR count). The third-order valence-electron chi connectivity index (χ3n) is 8.25. The van der Waals surface area contributed by atoms with E-state index in [0.29, 0.717) is 0 Å². The molecule has 5 aromatic rings. The van der Waals surface area contributed by atoms with Crippen LogP contribution in [0.25, 0.3) is 44.2 Å². The molecule has 5 heteroatoms. The first-order valence-electron chi connectivity index (χ1n) is 13.1. The number of benzene rings is 4. The first-order chi connectivity index (χ1) is 18.3. The van der Waals surface area contributed by atoms with Crippen molar-refractivity contribution < 1.29 is 9.31 Å². The van der Waals surface area contributed by atoms with E-state index in [9.17, 15) is 0 Å². The lowest BCUT2D eigenvalue weighted by Crippen LogP contribution is -2.41. The molecule has 3 nitrogen and oxygen atoms in total. The van der Waals surface area contributed by atoms with E-state index < -0.39 is 0 Å². The fraction of sp³-hybridized carbons (Fsp3) is 0.182. The Morgan fingerprint density at radius 1 is 0.605 bits per heavy atom. The second-order valence-electron chi connectivity index (χ2n) is 11.1. The molecule has 0 radical (unpaired) electrons. The SMILES string of the molecule is CC1(C)OB(c2ccc(-c3ccc(-c4ccc5c6c(cncc46)-c4ccccc4S5)cc3)cc2)OC1(C)C. The Bertz CT molecular complexity index is 1680. The third-order valence-corrected chi connectivity index (χ3v) is 9.38. The standard InChI is InChI=1S/C33H28BNO2S/c1-32(2)33(3,4)37-34(36-32)24-15-13-22(14-16-24)21-9-11-23(12-10-21)25-17-18-30-31-27(25)19-35-20-28(31)26-7-5-6-8-29(26)38-30/h5-20H,1-4H3. The summed E-state index contributed by atoms with van der Waals surface area (Å²) in [6.45, 7) is 8.33. The van der Waals surface area contributed by atoms with Crippen molar-refractivity contribution >= 4 is 35.1 Å². The maximum absolute atomic E-state index is 6.22. The molecule has 0 amide bonds.